The van der Waals surface area contributed by atoms with Crippen LogP contribution < -0.4 is 10.1 Å². The quantitative estimate of drug-likeness (QED) is 0.504. The van der Waals surface area contributed by atoms with Gasteiger partial charge in [-0.2, -0.15) is 5.26 Å². The zero-order valence-electron chi connectivity index (χ0n) is 16.4. The van der Waals surface area contributed by atoms with Crippen LogP contribution in [0.1, 0.15) is 15.9 Å². The van der Waals surface area contributed by atoms with Crippen LogP contribution in [0.5, 0.6) is 5.75 Å². The number of aromatic nitrogens is 1. The van der Waals surface area contributed by atoms with Crippen molar-refractivity contribution in [3.8, 4) is 23.1 Å². The van der Waals surface area contributed by atoms with Crippen molar-refractivity contribution < 1.29 is 9.53 Å². The Bertz CT molecular complexity index is 1240. The zero-order valence-corrected chi connectivity index (χ0v) is 16.4. The molecule has 30 heavy (non-hydrogen) atoms. The van der Waals surface area contributed by atoms with E-state index in [1.807, 2.05) is 66.7 Å². The molecule has 1 amide bonds. The van der Waals surface area contributed by atoms with Gasteiger partial charge < -0.3 is 10.1 Å². The van der Waals surface area contributed by atoms with E-state index in [-0.39, 0.29) is 5.91 Å². The molecule has 0 unspecified atom stereocenters. The van der Waals surface area contributed by atoms with Crippen LogP contribution in [0.15, 0.2) is 78.9 Å². The monoisotopic (exact) mass is 393 g/mol. The predicted octanol–water partition coefficient (Wildman–Crippen LogP) is 5.23. The van der Waals surface area contributed by atoms with Gasteiger partial charge in [0.2, 0.25) is 0 Å². The van der Waals surface area contributed by atoms with Crippen molar-refractivity contribution in [1.29, 1.82) is 5.26 Å². The lowest BCUT2D eigenvalue weighted by Crippen LogP contribution is -2.13. The SMILES string of the molecule is COc1ccc(-c2cc(C(=O)Nc3ccc(CC#N)cc3)c3ccccc3n2)cc1. The number of hydrogen-bond donors (Lipinski definition) is 1. The number of ether oxygens (including phenoxy) is 1. The smallest absolute Gasteiger partial charge is 0.256 e. The maximum atomic E-state index is 13.1. The van der Waals surface area contributed by atoms with Crippen LogP contribution in [-0.2, 0) is 6.42 Å². The summed E-state index contributed by atoms with van der Waals surface area (Å²) < 4.78 is 5.22. The first kappa shape index (κ1) is 19.2. The van der Waals surface area contributed by atoms with E-state index in [1.165, 1.54) is 0 Å². The number of carbonyl (C=O) groups is 1. The van der Waals surface area contributed by atoms with Crippen LogP contribution in [0.25, 0.3) is 22.2 Å². The summed E-state index contributed by atoms with van der Waals surface area (Å²) in [5, 5.41) is 12.5. The average molecular weight is 393 g/mol. The lowest BCUT2D eigenvalue weighted by atomic mass is 10.0. The fourth-order valence-electron chi connectivity index (χ4n) is 3.27. The molecule has 0 aliphatic carbocycles. The molecular formula is C25H19N3O2. The summed E-state index contributed by atoms with van der Waals surface area (Å²) in [6.45, 7) is 0. The first-order valence-electron chi connectivity index (χ1n) is 9.49. The second-order valence-corrected chi connectivity index (χ2v) is 6.79. The molecule has 0 aliphatic heterocycles. The topological polar surface area (TPSA) is 75.0 Å². The van der Waals surface area contributed by atoms with E-state index in [0.29, 0.717) is 23.4 Å². The van der Waals surface area contributed by atoms with Crippen molar-refractivity contribution in [1.82, 2.24) is 4.98 Å². The molecular weight excluding hydrogens is 374 g/mol. The van der Waals surface area contributed by atoms with Crippen molar-refractivity contribution in [3.05, 3.63) is 90.0 Å². The van der Waals surface area contributed by atoms with Gasteiger partial charge in [0.1, 0.15) is 5.75 Å². The molecule has 0 saturated carbocycles. The molecule has 0 saturated heterocycles. The fraction of sp³-hybridized carbons (Fsp3) is 0.0800. The van der Waals surface area contributed by atoms with Gasteiger partial charge in [0.05, 0.1) is 36.4 Å². The fourth-order valence-corrected chi connectivity index (χ4v) is 3.27. The molecule has 1 aromatic heterocycles. The highest BCUT2D eigenvalue weighted by Crippen LogP contribution is 2.27. The van der Waals surface area contributed by atoms with E-state index in [1.54, 1.807) is 19.2 Å². The minimum Gasteiger partial charge on any atom is -0.497 e. The van der Waals surface area contributed by atoms with Gasteiger partial charge in [-0.15, -0.1) is 0 Å². The van der Waals surface area contributed by atoms with Crippen molar-refractivity contribution >= 4 is 22.5 Å². The normalized spacial score (nSPS) is 10.4. The summed E-state index contributed by atoms with van der Waals surface area (Å²) in [6, 6.07) is 26.4. The Hall–Kier alpha value is -4.17. The van der Waals surface area contributed by atoms with E-state index >= 15 is 0 Å². The highest BCUT2D eigenvalue weighted by atomic mass is 16.5. The number of anilines is 1. The number of para-hydroxylation sites is 1. The van der Waals surface area contributed by atoms with E-state index in [0.717, 1.165) is 27.8 Å². The molecule has 4 aromatic rings. The number of fused-ring (bicyclic) bond motifs is 1. The highest BCUT2D eigenvalue weighted by molar-refractivity contribution is 6.13. The highest BCUT2D eigenvalue weighted by Gasteiger charge is 2.14. The Kier molecular flexibility index (Phi) is 5.40. The van der Waals surface area contributed by atoms with Gasteiger partial charge in [-0.1, -0.05) is 30.3 Å². The molecule has 1 N–H and O–H groups in total. The molecule has 0 radical (unpaired) electrons. The summed E-state index contributed by atoms with van der Waals surface area (Å²) in [5.41, 5.74) is 4.50. The number of methoxy groups -OCH3 is 1. The molecule has 0 bridgehead atoms. The number of nitriles is 1. The molecule has 0 spiro atoms. The molecule has 1 heterocycles. The maximum absolute atomic E-state index is 13.1. The van der Waals surface area contributed by atoms with E-state index < -0.39 is 0 Å². The van der Waals surface area contributed by atoms with Gasteiger partial charge in [0, 0.05) is 16.6 Å². The molecule has 4 rings (SSSR count). The Morgan fingerprint density at radius 3 is 2.47 bits per heavy atom. The third-order valence-electron chi connectivity index (χ3n) is 4.84. The zero-order chi connectivity index (χ0) is 20.9. The molecule has 146 valence electrons. The van der Waals surface area contributed by atoms with Gasteiger partial charge >= 0.3 is 0 Å². The number of hydrogen-bond acceptors (Lipinski definition) is 4. The Morgan fingerprint density at radius 2 is 1.77 bits per heavy atom. The summed E-state index contributed by atoms with van der Waals surface area (Å²) in [5.74, 6) is 0.550. The van der Waals surface area contributed by atoms with Crippen molar-refractivity contribution in [3.63, 3.8) is 0 Å². The lowest BCUT2D eigenvalue weighted by molar-refractivity contribution is 0.102. The second-order valence-electron chi connectivity index (χ2n) is 6.79. The average Bonchev–Trinajstić information content (AvgIpc) is 2.80. The van der Waals surface area contributed by atoms with Gasteiger partial charge in [-0.25, -0.2) is 4.98 Å². The predicted molar refractivity (Wildman–Crippen MR) is 117 cm³/mol. The summed E-state index contributed by atoms with van der Waals surface area (Å²) in [6.07, 6.45) is 0.342. The number of pyridine rings is 1. The van der Waals surface area contributed by atoms with Gasteiger partial charge in [0.15, 0.2) is 0 Å². The number of carbonyl (C=O) groups excluding carboxylic acids is 1. The van der Waals surface area contributed by atoms with Crippen LogP contribution in [0.4, 0.5) is 5.69 Å². The first-order valence-corrected chi connectivity index (χ1v) is 9.49. The molecule has 0 fully saturated rings. The third-order valence-corrected chi connectivity index (χ3v) is 4.84. The number of rotatable bonds is 5. The maximum Gasteiger partial charge on any atom is 0.256 e. The Labute approximate surface area is 174 Å². The molecule has 3 aromatic carbocycles. The van der Waals surface area contributed by atoms with Gasteiger partial charge in [0.25, 0.3) is 5.91 Å². The molecule has 0 aliphatic rings. The van der Waals surface area contributed by atoms with Crippen molar-refractivity contribution in [2.45, 2.75) is 6.42 Å². The Morgan fingerprint density at radius 1 is 1.03 bits per heavy atom. The van der Waals surface area contributed by atoms with Crippen LogP contribution in [0.3, 0.4) is 0 Å². The largest absolute Gasteiger partial charge is 0.497 e. The molecule has 5 nitrogen and oxygen atoms in total. The van der Waals surface area contributed by atoms with E-state index in [4.69, 9.17) is 15.0 Å². The number of nitrogens with one attached hydrogen (secondary N) is 1. The number of nitrogens with zero attached hydrogens (tertiary/aromatic N) is 2. The summed E-state index contributed by atoms with van der Waals surface area (Å²) in [4.78, 5) is 17.8. The lowest BCUT2D eigenvalue weighted by Gasteiger charge is -2.11. The van der Waals surface area contributed by atoms with Crippen LogP contribution in [0.2, 0.25) is 0 Å². The molecule has 0 atom stereocenters. The van der Waals surface area contributed by atoms with Crippen molar-refractivity contribution in [2.75, 3.05) is 12.4 Å². The number of amides is 1. The van der Waals surface area contributed by atoms with Crippen LogP contribution >= 0.6 is 0 Å². The first-order chi connectivity index (χ1) is 14.7. The minimum atomic E-state index is -0.212. The second kappa shape index (κ2) is 8.46. The van der Waals surface area contributed by atoms with E-state index in [2.05, 4.69) is 11.4 Å². The molecule has 5 heteroatoms. The standard InChI is InChI=1S/C25H19N3O2/c1-30-20-12-8-18(9-13-20)24-16-22(21-4-2-3-5-23(21)28-24)25(29)27-19-10-6-17(7-11-19)14-15-26/h2-13,16H,14H2,1H3,(H,27,29). The van der Waals surface area contributed by atoms with Crippen LogP contribution in [-0.4, -0.2) is 18.0 Å². The van der Waals surface area contributed by atoms with Gasteiger partial charge in [-0.3, -0.25) is 4.79 Å². The third kappa shape index (κ3) is 3.98. The van der Waals surface area contributed by atoms with Crippen LogP contribution in [0, 0.1) is 11.3 Å². The van der Waals surface area contributed by atoms with Crippen molar-refractivity contribution in [2.24, 2.45) is 0 Å². The number of benzene rings is 3. The summed E-state index contributed by atoms with van der Waals surface area (Å²) >= 11 is 0. The van der Waals surface area contributed by atoms with E-state index in [9.17, 15) is 4.79 Å². The summed E-state index contributed by atoms with van der Waals surface area (Å²) in [7, 11) is 1.62. The minimum absolute atomic E-state index is 0.212. The Balaban J connectivity index is 1.71. The van der Waals surface area contributed by atoms with Gasteiger partial charge in [-0.05, 0) is 54.1 Å².